The second-order valence-electron chi connectivity index (χ2n) is 3.01. The fourth-order valence-corrected chi connectivity index (χ4v) is 1.51. The van der Waals surface area contributed by atoms with Crippen molar-refractivity contribution in [1.82, 2.24) is 10.4 Å². The van der Waals surface area contributed by atoms with Gasteiger partial charge in [0.1, 0.15) is 0 Å². The summed E-state index contributed by atoms with van der Waals surface area (Å²) in [6, 6.07) is 10.3. The molecular formula is C11H19N3. The Morgan fingerprint density at radius 1 is 1.07 bits per heavy atom. The summed E-state index contributed by atoms with van der Waals surface area (Å²) in [5, 5.41) is 4.30. The van der Waals surface area contributed by atoms with Crippen LogP contribution in [0, 0.1) is 0 Å². The highest BCUT2D eigenvalue weighted by atomic mass is 15.8. The Morgan fingerprint density at radius 3 is 2.07 bits per heavy atom. The van der Waals surface area contributed by atoms with Crippen LogP contribution in [-0.2, 0) is 0 Å². The van der Waals surface area contributed by atoms with Gasteiger partial charge in [0.05, 0.1) is 5.69 Å². The molecule has 0 bridgehead atoms. The third-order valence-electron chi connectivity index (χ3n) is 2.23. The maximum atomic E-state index is 3.18. The lowest BCUT2D eigenvalue weighted by Crippen LogP contribution is -2.49. The van der Waals surface area contributed by atoms with Gasteiger partial charge >= 0.3 is 0 Å². The first kappa shape index (κ1) is 11.0. The number of nitrogens with zero attached hydrogens (tertiary/aromatic N) is 2. The molecule has 1 aromatic rings. The Bertz CT molecular complexity index is 244. The normalized spacial score (nSPS) is 10.6. The van der Waals surface area contributed by atoms with Gasteiger partial charge < -0.3 is 0 Å². The molecule has 0 aliphatic heterocycles. The van der Waals surface area contributed by atoms with Gasteiger partial charge in [0, 0.05) is 20.1 Å². The van der Waals surface area contributed by atoms with Crippen LogP contribution in [0.2, 0.25) is 0 Å². The van der Waals surface area contributed by atoms with E-state index in [1.54, 1.807) is 0 Å². The number of anilines is 1. The summed E-state index contributed by atoms with van der Waals surface area (Å²) in [5.74, 6) is 0. The Morgan fingerprint density at radius 2 is 1.64 bits per heavy atom. The van der Waals surface area contributed by atoms with Gasteiger partial charge in [0.25, 0.3) is 0 Å². The lowest BCUT2D eigenvalue weighted by atomic mass is 10.3. The minimum Gasteiger partial charge on any atom is -0.239 e. The summed E-state index contributed by atoms with van der Waals surface area (Å²) in [5.41, 5.74) is 4.34. The monoisotopic (exact) mass is 193 g/mol. The Hall–Kier alpha value is -1.06. The van der Waals surface area contributed by atoms with E-state index < -0.39 is 0 Å². The summed E-state index contributed by atoms with van der Waals surface area (Å²) >= 11 is 0. The fourth-order valence-electron chi connectivity index (χ4n) is 1.51. The van der Waals surface area contributed by atoms with Crippen molar-refractivity contribution >= 4 is 5.69 Å². The van der Waals surface area contributed by atoms with E-state index >= 15 is 0 Å². The van der Waals surface area contributed by atoms with Crippen LogP contribution < -0.4 is 10.5 Å². The summed E-state index contributed by atoms with van der Waals surface area (Å²) in [6.45, 7) is 6.28. The van der Waals surface area contributed by atoms with E-state index in [2.05, 4.69) is 41.5 Å². The average Bonchev–Trinajstić information content (AvgIpc) is 2.27. The molecule has 0 atom stereocenters. The number of para-hydroxylation sites is 1. The Kier molecular flexibility index (Phi) is 4.43. The molecule has 0 heterocycles. The molecule has 0 unspecified atom stereocenters. The largest absolute Gasteiger partial charge is 0.239 e. The van der Waals surface area contributed by atoms with Crippen molar-refractivity contribution in [2.45, 2.75) is 13.8 Å². The number of hydrogen-bond acceptors (Lipinski definition) is 3. The molecule has 0 radical (unpaired) electrons. The van der Waals surface area contributed by atoms with Gasteiger partial charge in [0.2, 0.25) is 0 Å². The molecule has 0 amide bonds. The number of hydrogen-bond donors (Lipinski definition) is 1. The first-order chi connectivity index (χ1) is 6.83. The van der Waals surface area contributed by atoms with E-state index in [1.807, 2.05) is 25.2 Å². The summed E-state index contributed by atoms with van der Waals surface area (Å²) < 4.78 is 0. The number of benzene rings is 1. The predicted octanol–water partition coefficient (Wildman–Crippen LogP) is 1.88. The molecule has 3 heteroatoms. The average molecular weight is 193 g/mol. The second-order valence-corrected chi connectivity index (χ2v) is 3.01. The summed E-state index contributed by atoms with van der Waals surface area (Å²) in [4.78, 5) is 0. The number of nitrogens with one attached hydrogen (secondary N) is 1. The quantitative estimate of drug-likeness (QED) is 0.720. The molecule has 0 aromatic heterocycles. The standard InChI is InChI=1S/C11H19N3/c1-4-13(5-2)14(12-3)11-9-7-6-8-10-11/h6-10,12H,4-5H2,1-3H3. The number of rotatable bonds is 5. The van der Waals surface area contributed by atoms with Crippen LogP contribution >= 0.6 is 0 Å². The maximum absolute atomic E-state index is 3.18. The Balaban J connectivity index is 2.81. The van der Waals surface area contributed by atoms with Crippen molar-refractivity contribution in [3.8, 4) is 0 Å². The van der Waals surface area contributed by atoms with Gasteiger partial charge in [-0.25, -0.2) is 15.6 Å². The van der Waals surface area contributed by atoms with Crippen LogP contribution in [-0.4, -0.2) is 25.1 Å². The molecule has 0 aliphatic carbocycles. The molecular weight excluding hydrogens is 174 g/mol. The molecule has 1 N–H and O–H groups in total. The lowest BCUT2D eigenvalue weighted by molar-refractivity contribution is 0.250. The van der Waals surface area contributed by atoms with Gasteiger partial charge in [-0.1, -0.05) is 32.0 Å². The predicted molar refractivity (Wildman–Crippen MR) is 60.9 cm³/mol. The van der Waals surface area contributed by atoms with Crippen LogP contribution in [0.25, 0.3) is 0 Å². The van der Waals surface area contributed by atoms with E-state index in [4.69, 9.17) is 0 Å². The van der Waals surface area contributed by atoms with Gasteiger partial charge in [-0.2, -0.15) is 0 Å². The van der Waals surface area contributed by atoms with Crippen molar-refractivity contribution < 1.29 is 0 Å². The van der Waals surface area contributed by atoms with Crippen LogP contribution in [0.3, 0.4) is 0 Å². The molecule has 1 rings (SSSR count). The van der Waals surface area contributed by atoms with Gasteiger partial charge in [0.15, 0.2) is 0 Å². The highest BCUT2D eigenvalue weighted by molar-refractivity contribution is 5.43. The molecule has 0 fully saturated rings. The van der Waals surface area contributed by atoms with Crippen molar-refractivity contribution in [3.63, 3.8) is 0 Å². The third kappa shape index (κ3) is 2.47. The zero-order chi connectivity index (χ0) is 10.4. The van der Waals surface area contributed by atoms with E-state index in [-0.39, 0.29) is 0 Å². The maximum Gasteiger partial charge on any atom is 0.0704 e. The van der Waals surface area contributed by atoms with E-state index in [0.717, 1.165) is 13.1 Å². The molecule has 0 spiro atoms. The second kappa shape index (κ2) is 5.62. The van der Waals surface area contributed by atoms with Gasteiger partial charge in [-0.3, -0.25) is 0 Å². The molecule has 78 valence electrons. The first-order valence-corrected chi connectivity index (χ1v) is 5.10. The minimum absolute atomic E-state index is 0.992. The molecule has 0 saturated heterocycles. The van der Waals surface area contributed by atoms with Crippen LogP contribution in [0.4, 0.5) is 5.69 Å². The first-order valence-electron chi connectivity index (χ1n) is 5.10. The molecule has 14 heavy (non-hydrogen) atoms. The number of hydrazine groups is 2. The van der Waals surface area contributed by atoms with Crippen LogP contribution in [0.5, 0.6) is 0 Å². The zero-order valence-corrected chi connectivity index (χ0v) is 9.20. The van der Waals surface area contributed by atoms with Crippen LogP contribution in [0.1, 0.15) is 13.8 Å². The van der Waals surface area contributed by atoms with Gasteiger partial charge in [-0.15, -0.1) is 0 Å². The summed E-state index contributed by atoms with van der Waals surface area (Å²) in [7, 11) is 1.94. The van der Waals surface area contributed by atoms with E-state index in [9.17, 15) is 0 Å². The highest BCUT2D eigenvalue weighted by Gasteiger charge is 2.09. The fraction of sp³-hybridized carbons (Fsp3) is 0.455. The molecule has 3 nitrogen and oxygen atoms in total. The van der Waals surface area contributed by atoms with Crippen molar-refractivity contribution in [3.05, 3.63) is 30.3 Å². The van der Waals surface area contributed by atoms with Crippen molar-refractivity contribution in [1.29, 1.82) is 0 Å². The zero-order valence-electron chi connectivity index (χ0n) is 9.20. The molecule has 1 aromatic carbocycles. The summed E-state index contributed by atoms with van der Waals surface area (Å²) in [6.07, 6.45) is 0. The molecule has 0 aliphatic rings. The molecule has 0 saturated carbocycles. The lowest BCUT2D eigenvalue weighted by Gasteiger charge is -2.34. The highest BCUT2D eigenvalue weighted by Crippen LogP contribution is 2.12. The minimum atomic E-state index is 0.992. The van der Waals surface area contributed by atoms with E-state index in [0.29, 0.717) is 0 Å². The SMILES string of the molecule is CCN(CC)N(NC)c1ccccc1. The van der Waals surface area contributed by atoms with Crippen molar-refractivity contribution in [2.75, 3.05) is 25.3 Å². The third-order valence-corrected chi connectivity index (χ3v) is 2.23. The topological polar surface area (TPSA) is 18.5 Å². The smallest absolute Gasteiger partial charge is 0.0704 e. The van der Waals surface area contributed by atoms with Crippen molar-refractivity contribution in [2.24, 2.45) is 0 Å². The van der Waals surface area contributed by atoms with Gasteiger partial charge in [-0.05, 0) is 12.1 Å². The Labute approximate surface area is 86.3 Å². The van der Waals surface area contributed by atoms with E-state index in [1.165, 1.54) is 5.69 Å². The van der Waals surface area contributed by atoms with Crippen LogP contribution in [0.15, 0.2) is 30.3 Å².